The van der Waals surface area contributed by atoms with Gasteiger partial charge in [-0.15, -0.1) is 11.3 Å². The third-order valence-corrected chi connectivity index (χ3v) is 5.83. The van der Waals surface area contributed by atoms with E-state index < -0.39 is 0 Å². The number of hydrogen-bond donors (Lipinski definition) is 2. The van der Waals surface area contributed by atoms with E-state index in [1.54, 1.807) is 30.3 Å². The van der Waals surface area contributed by atoms with E-state index in [-0.39, 0.29) is 17.7 Å². The summed E-state index contributed by atoms with van der Waals surface area (Å²) < 4.78 is 5.97. The molecule has 2 aromatic heterocycles. The number of nitrogens with one attached hydrogen (secondary N) is 2. The van der Waals surface area contributed by atoms with E-state index in [0.29, 0.717) is 33.6 Å². The average Bonchev–Trinajstić information content (AvgIpc) is 3.29. The zero-order valence-electron chi connectivity index (χ0n) is 16.5. The molecule has 0 atom stereocenters. The van der Waals surface area contributed by atoms with Gasteiger partial charge >= 0.3 is 0 Å². The van der Waals surface area contributed by atoms with Crippen LogP contribution in [0.5, 0.6) is 0 Å². The van der Waals surface area contributed by atoms with Crippen LogP contribution in [0.2, 0.25) is 0 Å². The van der Waals surface area contributed by atoms with Gasteiger partial charge in [0.15, 0.2) is 5.69 Å². The predicted octanol–water partition coefficient (Wildman–Crippen LogP) is 5.79. The smallest absolute Gasteiger partial charge is 0.277 e. The van der Waals surface area contributed by atoms with Crippen LogP contribution >= 0.6 is 11.3 Å². The molecule has 2 heterocycles. The number of oxazole rings is 1. The molecular formula is C24H19N3O3S. The molecular weight excluding hydrogens is 410 g/mol. The lowest BCUT2D eigenvalue weighted by Gasteiger charge is -2.08. The SMILES string of the molecule is O=C(Nc1cccc(NC(=O)c2nc(-c3ccccc3)oc2C2CC2)c1)c1cccs1. The van der Waals surface area contributed by atoms with E-state index >= 15 is 0 Å². The first-order chi connectivity index (χ1) is 15.2. The van der Waals surface area contributed by atoms with E-state index in [0.717, 1.165) is 18.4 Å². The van der Waals surface area contributed by atoms with Gasteiger partial charge in [0.05, 0.1) is 4.88 Å². The standard InChI is InChI=1S/C24H19N3O3S/c28-22(19-10-5-13-31-19)25-17-8-4-9-18(14-17)26-23(29)20-21(15-11-12-15)30-24(27-20)16-6-2-1-3-7-16/h1-10,13-15H,11-12H2,(H,25,28)(H,26,29). The number of carbonyl (C=O) groups is 2. The highest BCUT2D eigenvalue weighted by Gasteiger charge is 2.34. The number of carbonyl (C=O) groups excluding carboxylic acids is 2. The fourth-order valence-corrected chi connectivity index (χ4v) is 3.91. The Labute approximate surface area is 182 Å². The van der Waals surface area contributed by atoms with Crippen molar-refractivity contribution in [2.24, 2.45) is 0 Å². The summed E-state index contributed by atoms with van der Waals surface area (Å²) in [6.07, 6.45) is 1.99. The van der Waals surface area contributed by atoms with Crippen LogP contribution in [-0.4, -0.2) is 16.8 Å². The van der Waals surface area contributed by atoms with Crippen molar-refractivity contribution in [3.05, 3.63) is 88.4 Å². The maximum atomic E-state index is 13.0. The molecule has 1 fully saturated rings. The number of rotatable bonds is 6. The number of anilines is 2. The topological polar surface area (TPSA) is 84.2 Å². The fraction of sp³-hybridized carbons (Fsp3) is 0.125. The number of hydrogen-bond acceptors (Lipinski definition) is 5. The summed E-state index contributed by atoms with van der Waals surface area (Å²) in [5.41, 5.74) is 2.32. The first-order valence-electron chi connectivity index (χ1n) is 10.00. The Hall–Kier alpha value is -3.71. The summed E-state index contributed by atoms with van der Waals surface area (Å²) >= 11 is 1.37. The molecule has 4 aromatic rings. The van der Waals surface area contributed by atoms with E-state index in [9.17, 15) is 9.59 Å². The molecule has 1 aliphatic carbocycles. The molecule has 6 nitrogen and oxygen atoms in total. The molecule has 31 heavy (non-hydrogen) atoms. The first-order valence-corrected chi connectivity index (χ1v) is 10.9. The second-order valence-corrected chi connectivity index (χ2v) is 8.29. The van der Waals surface area contributed by atoms with Gasteiger partial charge in [0.1, 0.15) is 5.76 Å². The Morgan fingerprint density at radius 2 is 1.65 bits per heavy atom. The van der Waals surface area contributed by atoms with E-state index in [4.69, 9.17) is 4.42 Å². The van der Waals surface area contributed by atoms with Crippen LogP contribution in [-0.2, 0) is 0 Å². The van der Waals surface area contributed by atoms with Gasteiger partial charge in [0, 0.05) is 22.9 Å². The number of amides is 2. The Morgan fingerprint density at radius 3 is 2.32 bits per heavy atom. The van der Waals surface area contributed by atoms with Crippen molar-refractivity contribution in [3.8, 4) is 11.5 Å². The summed E-state index contributed by atoms with van der Waals surface area (Å²) in [4.78, 5) is 30.4. The summed E-state index contributed by atoms with van der Waals surface area (Å²) in [7, 11) is 0. The monoisotopic (exact) mass is 429 g/mol. The first kappa shape index (κ1) is 19.3. The van der Waals surface area contributed by atoms with Gasteiger partial charge in [-0.1, -0.05) is 30.3 Å². The highest BCUT2D eigenvalue weighted by molar-refractivity contribution is 7.12. The second-order valence-electron chi connectivity index (χ2n) is 7.34. The molecule has 0 unspecified atom stereocenters. The van der Waals surface area contributed by atoms with Crippen molar-refractivity contribution in [2.75, 3.05) is 10.6 Å². The minimum atomic E-state index is -0.324. The molecule has 1 aliphatic rings. The molecule has 5 rings (SSSR count). The van der Waals surface area contributed by atoms with Crippen LogP contribution in [0.3, 0.4) is 0 Å². The van der Waals surface area contributed by atoms with E-state index in [1.807, 2.05) is 41.8 Å². The molecule has 2 N–H and O–H groups in total. The lowest BCUT2D eigenvalue weighted by Crippen LogP contribution is -2.15. The summed E-state index contributed by atoms with van der Waals surface area (Å²) in [5, 5.41) is 7.59. The molecule has 0 spiro atoms. The van der Waals surface area contributed by atoms with E-state index in [2.05, 4.69) is 15.6 Å². The van der Waals surface area contributed by atoms with Gasteiger partial charge in [-0.2, -0.15) is 0 Å². The van der Waals surface area contributed by atoms with Crippen molar-refractivity contribution in [2.45, 2.75) is 18.8 Å². The molecule has 0 radical (unpaired) electrons. The molecule has 0 aliphatic heterocycles. The lowest BCUT2D eigenvalue weighted by atomic mass is 10.2. The molecule has 0 bridgehead atoms. The van der Waals surface area contributed by atoms with Gasteiger partial charge in [0.25, 0.3) is 11.8 Å². The second kappa shape index (κ2) is 8.20. The molecule has 2 amide bonds. The summed E-state index contributed by atoms with van der Waals surface area (Å²) in [6, 6.07) is 20.2. The molecule has 154 valence electrons. The van der Waals surface area contributed by atoms with Gasteiger partial charge in [-0.05, 0) is 54.6 Å². The van der Waals surface area contributed by atoms with Crippen molar-refractivity contribution in [1.29, 1.82) is 0 Å². The van der Waals surface area contributed by atoms with Crippen molar-refractivity contribution in [1.82, 2.24) is 4.98 Å². The number of thiophene rings is 1. The third kappa shape index (κ3) is 4.27. The molecule has 7 heteroatoms. The van der Waals surface area contributed by atoms with Gasteiger partial charge < -0.3 is 15.1 Å². The minimum absolute atomic E-state index is 0.182. The quantitative estimate of drug-likeness (QED) is 0.407. The Balaban J connectivity index is 1.36. The Morgan fingerprint density at radius 1 is 0.903 bits per heavy atom. The van der Waals surface area contributed by atoms with Crippen molar-refractivity contribution in [3.63, 3.8) is 0 Å². The number of nitrogens with zero attached hydrogens (tertiary/aromatic N) is 1. The van der Waals surface area contributed by atoms with Gasteiger partial charge in [-0.25, -0.2) is 4.98 Å². The van der Waals surface area contributed by atoms with Crippen LogP contribution in [0.1, 0.15) is 44.7 Å². The fourth-order valence-electron chi connectivity index (χ4n) is 3.29. The van der Waals surface area contributed by atoms with Crippen LogP contribution in [0.25, 0.3) is 11.5 Å². The minimum Gasteiger partial charge on any atom is -0.440 e. The lowest BCUT2D eigenvalue weighted by molar-refractivity contribution is 0.101. The Bertz CT molecular complexity index is 1230. The zero-order valence-corrected chi connectivity index (χ0v) is 17.3. The van der Waals surface area contributed by atoms with Crippen LogP contribution in [0.15, 0.2) is 76.5 Å². The molecule has 1 saturated carbocycles. The average molecular weight is 430 g/mol. The van der Waals surface area contributed by atoms with Crippen molar-refractivity contribution < 1.29 is 14.0 Å². The summed E-state index contributed by atoms with van der Waals surface area (Å²) in [6.45, 7) is 0. The highest BCUT2D eigenvalue weighted by Crippen LogP contribution is 2.43. The number of benzene rings is 2. The summed E-state index contributed by atoms with van der Waals surface area (Å²) in [5.74, 6) is 0.818. The highest BCUT2D eigenvalue weighted by atomic mass is 32.1. The third-order valence-electron chi connectivity index (χ3n) is 4.96. The molecule has 0 saturated heterocycles. The van der Waals surface area contributed by atoms with Crippen LogP contribution < -0.4 is 10.6 Å². The largest absolute Gasteiger partial charge is 0.440 e. The maximum absolute atomic E-state index is 13.0. The van der Waals surface area contributed by atoms with E-state index in [1.165, 1.54) is 11.3 Å². The predicted molar refractivity (Wildman–Crippen MR) is 121 cm³/mol. The van der Waals surface area contributed by atoms with Gasteiger partial charge in [0.2, 0.25) is 5.89 Å². The van der Waals surface area contributed by atoms with Crippen LogP contribution in [0.4, 0.5) is 11.4 Å². The van der Waals surface area contributed by atoms with Crippen LogP contribution in [0, 0.1) is 0 Å². The number of aromatic nitrogens is 1. The normalized spacial score (nSPS) is 13.0. The van der Waals surface area contributed by atoms with Gasteiger partial charge in [-0.3, -0.25) is 9.59 Å². The molecule has 2 aromatic carbocycles. The zero-order chi connectivity index (χ0) is 21.2. The van der Waals surface area contributed by atoms with Crippen molar-refractivity contribution >= 4 is 34.5 Å². The maximum Gasteiger partial charge on any atom is 0.277 e. The Kier molecular flexibility index (Phi) is 5.09.